The molecule has 0 atom stereocenters. The van der Waals surface area contributed by atoms with Gasteiger partial charge in [-0.3, -0.25) is 4.79 Å². The second-order valence-corrected chi connectivity index (χ2v) is 3.24. The zero-order valence-electron chi connectivity index (χ0n) is 8.99. The Morgan fingerprint density at radius 1 is 1.31 bits per heavy atom. The van der Waals surface area contributed by atoms with Crippen LogP contribution in [0.4, 0.5) is 0 Å². The lowest BCUT2D eigenvalue weighted by Crippen LogP contribution is -2.31. The molecule has 5 heteroatoms. The number of benzene rings is 1. The first-order chi connectivity index (χ1) is 7.65. The van der Waals surface area contributed by atoms with Gasteiger partial charge in [-0.1, -0.05) is 18.2 Å². The number of carbonyl (C=O) groups is 2. The van der Waals surface area contributed by atoms with E-state index in [2.05, 4.69) is 10.6 Å². The van der Waals surface area contributed by atoms with E-state index in [9.17, 15) is 9.59 Å². The molecule has 0 saturated carbocycles. The second-order valence-electron chi connectivity index (χ2n) is 3.24. The van der Waals surface area contributed by atoms with Crippen molar-refractivity contribution in [3.8, 4) is 0 Å². The Hall–Kier alpha value is -1.88. The van der Waals surface area contributed by atoms with E-state index in [1.807, 2.05) is 0 Å². The Bertz CT molecular complexity index is 391. The average Bonchev–Trinajstić information content (AvgIpc) is 2.29. The monoisotopic (exact) mass is 222 g/mol. The van der Waals surface area contributed by atoms with E-state index in [4.69, 9.17) is 5.11 Å². The van der Waals surface area contributed by atoms with Gasteiger partial charge < -0.3 is 15.7 Å². The summed E-state index contributed by atoms with van der Waals surface area (Å²) < 4.78 is 0. The fourth-order valence-corrected chi connectivity index (χ4v) is 1.28. The van der Waals surface area contributed by atoms with Crippen molar-refractivity contribution in [1.29, 1.82) is 0 Å². The van der Waals surface area contributed by atoms with Crippen LogP contribution >= 0.6 is 0 Å². The maximum atomic E-state index is 10.9. The zero-order chi connectivity index (χ0) is 12.0. The van der Waals surface area contributed by atoms with Crippen molar-refractivity contribution in [1.82, 2.24) is 10.6 Å². The summed E-state index contributed by atoms with van der Waals surface area (Å²) in [6, 6.07) is 6.70. The van der Waals surface area contributed by atoms with Gasteiger partial charge in [-0.25, -0.2) is 4.79 Å². The molecule has 5 nitrogen and oxygen atoms in total. The molecule has 0 aliphatic carbocycles. The third kappa shape index (κ3) is 3.36. The molecule has 0 aliphatic heterocycles. The van der Waals surface area contributed by atoms with Crippen LogP contribution in [-0.2, 0) is 11.3 Å². The number of carboxylic acids is 1. The smallest absolute Gasteiger partial charge is 0.336 e. The second kappa shape index (κ2) is 5.87. The molecular weight excluding hydrogens is 208 g/mol. The Labute approximate surface area is 93.5 Å². The van der Waals surface area contributed by atoms with Crippen LogP contribution in [0.1, 0.15) is 15.9 Å². The number of hydrogen-bond acceptors (Lipinski definition) is 3. The number of carboxylic acid groups (broad SMARTS) is 1. The standard InChI is InChI=1S/C11H14N2O3/c1-12-10(14)7-13-6-8-4-2-3-5-9(8)11(15)16/h2-5,13H,6-7H2,1H3,(H,12,14)(H,15,16). The number of aromatic carboxylic acids is 1. The van der Waals surface area contributed by atoms with Crippen LogP contribution < -0.4 is 10.6 Å². The SMILES string of the molecule is CNC(=O)CNCc1ccccc1C(=O)O. The summed E-state index contributed by atoms with van der Waals surface area (Å²) in [5.74, 6) is -1.09. The molecule has 0 heterocycles. The van der Waals surface area contributed by atoms with Gasteiger partial charge in [0.2, 0.25) is 5.91 Å². The normalized spacial score (nSPS) is 9.81. The summed E-state index contributed by atoms with van der Waals surface area (Å²) in [7, 11) is 1.55. The predicted octanol–water partition coefficient (Wildman–Crippen LogP) is 0.220. The van der Waals surface area contributed by atoms with Gasteiger partial charge in [0.1, 0.15) is 0 Å². The molecule has 1 amide bonds. The number of hydrogen-bond donors (Lipinski definition) is 3. The summed E-state index contributed by atoms with van der Waals surface area (Å²) in [5, 5.41) is 14.3. The third-order valence-electron chi connectivity index (χ3n) is 2.13. The van der Waals surface area contributed by atoms with Crippen molar-refractivity contribution in [2.45, 2.75) is 6.54 Å². The maximum absolute atomic E-state index is 10.9. The molecule has 16 heavy (non-hydrogen) atoms. The molecule has 0 spiro atoms. The first-order valence-electron chi connectivity index (χ1n) is 4.87. The summed E-state index contributed by atoms with van der Waals surface area (Å²) in [6.45, 7) is 0.528. The Balaban J connectivity index is 2.60. The van der Waals surface area contributed by atoms with Crippen LogP contribution in [0.3, 0.4) is 0 Å². The molecule has 0 unspecified atom stereocenters. The van der Waals surface area contributed by atoms with Gasteiger partial charge in [0, 0.05) is 13.6 Å². The van der Waals surface area contributed by atoms with Crippen molar-refractivity contribution in [3.63, 3.8) is 0 Å². The first kappa shape index (κ1) is 12.2. The quantitative estimate of drug-likeness (QED) is 0.666. The highest BCUT2D eigenvalue weighted by Crippen LogP contribution is 2.07. The molecule has 0 saturated heterocycles. The minimum absolute atomic E-state index is 0.132. The number of nitrogens with one attached hydrogen (secondary N) is 2. The van der Waals surface area contributed by atoms with Crippen LogP contribution in [0.2, 0.25) is 0 Å². The van der Waals surface area contributed by atoms with Crippen molar-refractivity contribution in [2.75, 3.05) is 13.6 Å². The maximum Gasteiger partial charge on any atom is 0.336 e. The zero-order valence-corrected chi connectivity index (χ0v) is 8.99. The minimum Gasteiger partial charge on any atom is -0.478 e. The van der Waals surface area contributed by atoms with E-state index >= 15 is 0 Å². The molecule has 0 aliphatic rings. The van der Waals surface area contributed by atoms with Crippen LogP contribution in [0, 0.1) is 0 Å². The Morgan fingerprint density at radius 2 is 2.00 bits per heavy atom. The molecule has 3 N–H and O–H groups in total. The van der Waals surface area contributed by atoms with Gasteiger partial charge in [0.25, 0.3) is 0 Å². The van der Waals surface area contributed by atoms with Crippen molar-refractivity contribution in [3.05, 3.63) is 35.4 Å². The van der Waals surface area contributed by atoms with Gasteiger partial charge in [0.15, 0.2) is 0 Å². The van der Waals surface area contributed by atoms with E-state index in [0.29, 0.717) is 12.1 Å². The van der Waals surface area contributed by atoms with E-state index < -0.39 is 5.97 Å². The minimum atomic E-state index is -0.961. The lowest BCUT2D eigenvalue weighted by Gasteiger charge is -2.06. The van der Waals surface area contributed by atoms with Crippen LogP contribution in [0.5, 0.6) is 0 Å². The van der Waals surface area contributed by atoms with E-state index in [1.165, 1.54) is 0 Å². The number of likely N-dealkylation sites (N-methyl/N-ethyl adjacent to an activating group) is 1. The van der Waals surface area contributed by atoms with Crippen molar-refractivity contribution in [2.24, 2.45) is 0 Å². The van der Waals surface area contributed by atoms with E-state index in [0.717, 1.165) is 0 Å². The van der Waals surface area contributed by atoms with Crippen LogP contribution in [0.25, 0.3) is 0 Å². The number of rotatable bonds is 5. The predicted molar refractivity (Wildman–Crippen MR) is 59.2 cm³/mol. The fraction of sp³-hybridized carbons (Fsp3) is 0.273. The summed E-state index contributed by atoms with van der Waals surface area (Å²) in [5.41, 5.74) is 0.922. The summed E-state index contributed by atoms with van der Waals surface area (Å²) in [6.07, 6.45) is 0. The van der Waals surface area contributed by atoms with Gasteiger partial charge in [-0.05, 0) is 11.6 Å². The number of amides is 1. The lowest BCUT2D eigenvalue weighted by molar-refractivity contribution is -0.119. The summed E-state index contributed by atoms with van der Waals surface area (Å²) >= 11 is 0. The molecule has 0 radical (unpaired) electrons. The lowest BCUT2D eigenvalue weighted by atomic mass is 10.1. The number of carbonyl (C=O) groups excluding carboxylic acids is 1. The topological polar surface area (TPSA) is 78.4 Å². The van der Waals surface area contributed by atoms with Crippen LogP contribution in [0.15, 0.2) is 24.3 Å². The molecule has 0 aromatic heterocycles. The molecular formula is C11H14N2O3. The van der Waals surface area contributed by atoms with E-state index in [1.54, 1.807) is 31.3 Å². The molecule has 1 aromatic rings. The fourth-order valence-electron chi connectivity index (χ4n) is 1.28. The Kier molecular flexibility index (Phi) is 4.47. The molecule has 0 fully saturated rings. The Morgan fingerprint density at radius 3 is 2.62 bits per heavy atom. The van der Waals surface area contributed by atoms with Gasteiger partial charge in [0.05, 0.1) is 12.1 Å². The molecule has 1 aromatic carbocycles. The summed E-state index contributed by atoms with van der Waals surface area (Å²) in [4.78, 5) is 21.8. The van der Waals surface area contributed by atoms with Gasteiger partial charge in [-0.2, -0.15) is 0 Å². The van der Waals surface area contributed by atoms with Crippen LogP contribution in [-0.4, -0.2) is 30.6 Å². The molecule has 0 bridgehead atoms. The highest BCUT2D eigenvalue weighted by molar-refractivity contribution is 5.89. The first-order valence-corrected chi connectivity index (χ1v) is 4.87. The van der Waals surface area contributed by atoms with E-state index in [-0.39, 0.29) is 18.0 Å². The molecule has 1 rings (SSSR count). The van der Waals surface area contributed by atoms with Gasteiger partial charge >= 0.3 is 5.97 Å². The van der Waals surface area contributed by atoms with Crippen molar-refractivity contribution >= 4 is 11.9 Å². The third-order valence-corrected chi connectivity index (χ3v) is 2.13. The average molecular weight is 222 g/mol. The largest absolute Gasteiger partial charge is 0.478 e. The van der Waals surface area contributed by atoms with Crippen molar-refractivity contribution < 1.29 is 14.7 Å². The highest BCUT2D eigenvalue weighted by Gasteiger charge is 2.08. The van der Waals surface area contributed by atoms with Gasteiger partial charge in [-0.15, -0.1) is 0 Å². The molecule has 86 valence electrons. The highest BCUT2D eigenvalue weighted by atomic mass is 16.4.